The summed E-state index contributed by atoms with van der Waals surface area (Å²) in [6.07, 6.45) is 0.208. The van der Waals surface area contributed by atoms with Crippen molar-refractivity contribution in [3.63, 3.8) is 0 Å². The van der Waals surface area contributed by atoms with Crippen molar-refractivity contribution < 1.29 is 19.1 Å². The monoisotopic (exact) mass is 326 g/mol. The summed E-state index contributed by atoms with van der Waals surface area (Å²) in [5, 5.41) is 2.85. The fourth-order valence-corrected chi connectivity index (χ4v) is 2.61. The molecule has 6 nitrogen and oxygen atoms in total. The van der Waals surface area contributed by atoms with Crippen LogP contribution in [0.5, 0.6) is 11.5 Å². The third kappa shape index (κ3) is 3.17. The number of para-hydroxylation sites is 1. The number of nitrogens with zero attached hydrogens (tertiary/aromatic N) is 1. The highest BCUT2D eigenvalue weighted by Gasteiger charge is 2.25. The molecular formula is C18H18N2O4. The van der Waals surface area contributed by atoms with Crippen molar-refractivity contribution in [2.75, 3.05) is 31.0 Å². The summed E-state index contributed by atoms with van der Waals surface area (Å²) < 4.78 is 10.6. The molecular weight excluding hydrogens is 308 g/mol. The molecule has 0 bridgehead atoms. The Morgan fingerprint density at radius 3 is 2.88 bits per heavy atom. The molecule has 0 saturated heterocycles. The zero-order valence-electron chi connectivity index (χ0n) is 13.5. The van der Waals surface area contributed by atoms with Crippen molar-refractivity contribution in [2.45, 2.75) is 6.42 Å². The summed E-state index contributed by atoms with van der Waals surface area (Å²) in [5.74, 6) is 0.951. The van der Waals surface area contributed by atoms with E-state index in [2.05, 4.69) is 5.32 Å². The second-order valence-electron chi connectivity index (χ2n) is 5.47. The molecule has 2 amide bonds. The molecule has 0 unspecified atom stereocenters. The van der Waals surface area contributed by atoms with Crippen LogP contribution in [0.2, 0.25) is 0 Å². The lowest BCUT2D eigenvalue weighted by Crippen LogP contribution is -2.36. The molecule has 1 heterocycles. The topological polar surface area (TPSA) is 67.9 Å². The van der Waals surface area contributed by atoms with Gasteiger partial charge >= 0.3 is 0 Å². The highest BCUT2D eigenvalue weighted by molar-refractivity contribution is 6.04. The maximum absolute atomic E-state index is 12.4. The Hall–Kier alpha value is -3.02. The SMILES string of the molecule is COc1cccc(CC(=O)Nc2cccc3c2N(C)C(=O)CO3)c1. The number of nitrogens with one attached hydrogen (secondary N) is 1. The molecule has 6 heteroatoms. The number of likely N-dealkylation sites (N-methyl/N-ethyl adjacent to an activating group) is 1. The summed E-state index contributed by atoms with van der Waals surface area (Å²) in [6, 6.07) is 12.7. The molecule has 1 aliphatic heterocycles. The third-order valence-electron chi connectivity index (χ3n) is 3.83. The van der Waals surface area contributed by atoms with Crippen LogP contribution in [0.15, 0.2) is 42.5 Å². The smallest absolute Gasteiger partial charge is 0.264 e. The number of hydrogen-bond acceptors (Lipinski definition) is 4. The average molecular weight is 326 g/mol. The van der Waals surface area contributed by atoms with Crippen LogP contribution in [0.25, 0.3) is 0 Å². The summed E-state index contributed by atoms with van der Waals surface area (Å²) in [7, 11) is 3.25. The minimum Gasteiger partial charge on any atom is -0.497 e. The molecule has 24 heavy (non-hydrogen) atoms. The van der Waals surface area contributed by atoms with Gasteiger partial charge < -0.3 is 19.7 Å². The molecule has 0 aromatic heterocycles. The molecule has 2 aromatic carbocycles. The fraction of sp³-hybridized carbons (Fsp3) is 0.222. The number of carbonyl (C=O) groups is 2. The van der Waals surface area contributed by atoms with Gasteiger partial charge in [-0.15, -0.1) is 0 Å². The lowest BCUT2D eigenvalue weighted by atomic mass is 10.1. The van der Waals surface area contributed by atoms with Crippen LogP contribution in [-0.4, -0.2) is 32.6 Å². The number of anilines is 2. The van der Waals surface area contributed by atoms with Gasteiger partial charge in [-0.05, 0) is 29.8 Å². The Bertz CT molecular complexity index is 788. The number of carbonyl (C=O) groups excluding carboxylic acids is 2. The number of methoxy groups -OCH3 is 1. The van der Waals surface area contributed by atoms with Crippen LogP contribution in [0.4, 0.5) is 11.4 Å². The summed E-state index contributed by atoms with van der Waals surface area (Å²) in [6.45, 7) is 0.00467. The van der Waals surface area contributed by atoms with E-state index in [1.807, 2.05) is 24.3 Å². The third-order valence-corrected chi connectivity index (χ3v) is 3.83. The van der Waals surface area contributed by atoms with E-state index >= 15 is 0 Å². The Labute approximate surface area is 140 Å². The Kier molecular flexibility index (Phi) is 4.37. The first-order valence-corrected chi connectivity index (χ1v) is 7.53. The number of amides is 2. The van der Waals surface area contributed by atoms with Gasteiger partial charge in [0.1, 0.15) is 17.2 Å². The lowest BCUT2D eigenvalue weighted by molar-refractivity contribution is -0.121. The van der Waals surface area contributed by atoms with E-state index in [1.54, 1.807) is 32.4 Å². The van der Waals surface area contributed by atoms with Gasteiger partial charge in [0.25, 0.3) is 5.91 Å². The molecule has 0 radical (unpaired) electrons. The van der Waals surface area contributed by atoms with E-state index in [4.69, 9.17) is 9.47 Å². The quantitative estimate of drug-likeness (QED) is 0.935. The highest BCUT2D eigenvalue weighted by Crippen LogP contribution is 2.38. The predicted molar refractivity (Wildman–Crippen MR) is 90.7 cm³/mol. The van der Waals surface area contributed by atoms with Gasteiger partial charge in [0.15, 0.2) is 6.61 Å². The standard InChI is InChI=1S/C18H18N2O4/c1-20-17(22)11-24-15-8-4-7-14(18(15)20)19-16(21)10-12-5-3-6-13(9-12)23-2/h3-9H,10-11H2,1-2H3,(H,19,21). The first kappa shape index (κ1) is 15.9. The Balaban J connectivity index is 1.79. The molecule has 124 valence electrons. The minimum atomic E-state index is -0.178. The first-order chi connectivity index (χ1) is 11.6. The maximum atomic E-state index is 12.4. The molecule has 0 fully saturated rings. The normalized spacial score (nSPS) is 13.1. The zero-order valence-corrected chi connectivity index (χ0v) is 13.5. The van der Waals surface area contributed by atoms with Crippen molar-refractivity contribution in [1.82, 2.24) is 0 Å². The molecule has 3 rings (SSSR count). The number of fused-ring (bicyclic) bond motifs is 1. The van der Waals surface area contributed by atoms with Gasteiger partial charge in [-0.25, -0.2) is 0 Å². The van der Waals surface area contributed by atoms with Crippen LogP contribution < -0.4 is 19.7 Å². The van der Waals surface area contributed by atoms with E-state index < -0.39 is 0 Å². The zero-order chi connectivity index (χ0) is 17.1. The Morgan fingerprint density at radius 1 is 1.29 bits per heavy atom. The molecule has 2 aromatic rings. The van der Waals surface area contributed by atoms with E-state index in [-0.39, 0.29) is 24.8 Å². The summed E-state index contributed by atoms with van der Waals surface area (Å²) >= 11 is 0. The van der Waals surface area contributed by atoms with Gasteiger partial charge in [0.2, 0.25) is 5.91 Å². The largest absolute Gasteiger partial charge is 0.497 e. The van der Waals surface area contributed by atoms with Crippen LogP contribution >= 0.6 is 0 Å². The Morgan fingerprint density at radius 2 is 2.08 bits per heavy atom. The van der Waals surface area contributed by atoms with Crippen LogP contribution in [-0.2, 0) is 16.0 Å². The maximum Gasteiger partial charge on any atom is 0.264 e. The predicted octanol–water partition coefficient (Wildman–Crippen LogP) is 2.23. The molecule has 1 N–H and O–H groups in total. The van der Waals surface area contributed by atoms with Gasteiger partial charge in [-0.3, -0.25) is 9.59 Å². The van der Waals surface area contributed by atoms with E-state index in [0.29, 0.717) is 22.9 Å². The van der Waals surface area contributed by atoms with Crippen molar-refractivity contribution in [1.29, 1.82) is 0 Å². The van der Waals surface area contributed by atoms with Crippen LogP contribution in [0.3, 0.4) is 0 Å². The number of hydrogen-bond donors (Lipinski definition) is 1. The molecule has 0 atom stereocenters. The van der Waals surface area contributed by atoms with Crippen molar-refractivity contribution in [2.24, 2.45) is 0 Å². The molecule has 0 saturated carbocycles. The molecule has 1 aliphatic rings. The highest BCUT2D eigenvalue weighted by atomic mass is 16.5. The number of rotatable bonds is 4. The van der Waals surface area contributed by atoms with Crippen molar-refractivity contribution in [3.8, 4) is 11.5 Å². The second kappa shape index (κ2) is 6.62. The minimum absolute atomic E-state index is 0.00467. The van der Waals surface area contributed by atoms with E-state index in [0.717, 1.165) is 5.56 Å². The summed E-state index contributed by atoms with van der Waals surface area (Å²) in [4.78, 5) is 25.7. The van der Waals surface area contributed by atoms with Gasteiger partial charge in [0, 0.05) is 7.05 Å². The van der Waals surface area contributed by atoms with Gasteiger partial charge in [0.05, 0.1) is 19.2 Å². The second-order valence-corrected chi connectivity index (χ2v) is 5.47. The van der Waals surface area contributed by atoms with E-state index in [9.17, 15) is 9.59 Å². The number of benzene rings is 2. The summed E-state index contributed by atoms with van der Waals surface area (Å²) in [5.41, 5.74) is 1.97. The van der Waals surface area contributed by atoms with Gasteiger partial charge in [-0.1, -0.05) is 18.2 Å². The van der Waals surface area contributed by atoms with Gasteiger partial charge in [-0.2, -0.15) is 0 Å². The molecule has 0 aliphatic carbocycles. The average Bonchev–Trinajstić information content (AvgIpc) is 2.58. The van der Waals surface area contributed by atoms with Crippen LogP contribution in [0.1, 0.15) is 5.56 Å². The van der Waals surface area contributed by atoms with Crippen molar-refractivity contribution in [3.05, 3.63) is 48.0 Å². The van der Waals surface area contributed by atoms with E-state index in [1.165, 1.54) is 4.90 Å². The fourth-order valence-electron chi connectivity index (χ4n) is 2.61. The number of ether oxygens (including phenoxy) is 2. The van der Waals surface area contributed by atoms with Crippen molar-refractivity contribution >= 4 is 23.2 Å². The lowest BCUT2D eigenvalue weighted by Gasteiger charge is -2.28. The molecule has 0 spiro atoms. The first-order valence-electron chi connectivity index (χ1n) is 7.53. The van der Waals surface area contributed by atoms with Crippen LogP contribution in [0, 0.1) is 0 Å².